The number of aromatic nitrogens is 3. The van der Waals surface area contributed by atoms with Crippen molar-refractivity contribution in [2.24, 2.45) is 17.1 Å². The second kappa shape index (κ2) is 14.1. The number of likely N-dealkylation sites (tertiary alicyclic amines) is 1. The smallest absolute Gasteiger partial charge is 0.310 e. The van der Waals surface area contributed by atoms with Crippen LogP contribution in [0.4, 0.5) is 0 Å². The van der Waals surface area contributed by atoms with Gasteiger partial charge in [-0.1, -0.05) is 55.4 Å². The molecular weight excluding hydrogens is 554 g/mol. The maximum Gasteiger partial charge on any atom is 0.310 e. The summed E-state index contributed by atoms with van der Waals surface area (Å²) in [5, 5.41) is 24.5. The number of rotatable bonds is 9. The maximum absolute atomic E-state index is 12.2. The number of pyridine rings is 1. The Morgan fingerprint density at radius 1 is 1.05 bits per heavy atom. The molecule has 4 N–H and O–H groups in total. The third-order valence-electron chi connectivity index (χ3n) is 7.54. The lowest BCUT2D eigenvalue weighted by Gasteiger charge is -2.39. The van der Waals surface area contributed by atoms with E-state index in [4.69, 9.17) is 10.3 Å². The molecule has 2 aromatic carbocycles. The fraction of sp³-hybridized carbons (Fsp3) is 0.429. The van der Waals surface area contributed by atoms with E-state index in [1.165, 1.54) is 0 Å². The van der Waals surface area contributed by atoms with E-state index in [9.17, 15) is 15.0 Å². The van der Waals surface area contributed by atoms with Crippen LogP contribution in [0.2, 0.25) is 0 Å². The summed E-state index contributed by atoms with van der Waals surface area (Å²) >= 11 is 0. The van der Waals surface area contributed by atoms with E-state index in [0.717, 1.165) is 48.3 Å². The predicted octanol–water partition coefficient (Wildman–Crippen LogP) is 6.36. The monoisotopic (exact) mass is 599 g/mol. The Kier molecular flexibility index (Phi) is 10.5. The molecule has 0 radical (unpaired) electrons. The van der Waals surface area contributed by atoms with Crippen molar-refractivity contribution in [1.82, 2.24) is 20.0 Å². The topological polar surface area (TPSA) is 139 Å². The van der Waals surface area contributed by atoms with Crippen molar-refractivity contribution in [3.05, 3.63) is 83.7 Å². The number of hydrogen-bond donors (Lipinski definition) is 3. The molecule has 0 atom stereocenters. The van der Waals surface area contributed by atoms with Crippen LogP contribution < -0.4 is 5.73 Å². The van der Waals surface area contributed by atoms with E-state index in [-0.39, 0.29) is 11.3 Å². The molecule has 0 spiro atoms. The van der Waals surface area contributed by atoms with E-state index in [1.54, 1.807) is 18.5 Å². The third-order valence-corrected chi connectivity index (χ3v) is 7.54. The van der Waals surface area contributed by atoms with Crippen molar-refractivity contribution in [2.75, 3.05) is 13.1 Å². The Morgan fingerprint density at radius 3 is 2.27 bits per heavy atom. The highest BCUT2D eigenvalue weighted by Crippen LogP contribution is 2.36. The number of nitrogens with zero attached hydrogens (tertiary/aromatic N) is 4. The molecule has 1 aliphatic rings. The lowest BCUT2D eigenvalue weighted by Crippen LogP contribution is -2.45. The van der Waals surface area contributed by atoms with Crippen LogP contribution in [0.5, 0.6) is 5.75 Å². The van der Waals surface area contributed by atoms with Gasteiger partial charge in [0.05, 0.1) is 5.41 Å². The summed E-state index contributed by atoms with van der Waals surface area (Å²) in [5.74, 6) is 0.812. The summed E-state index contributed by atoms with van der Waals surface area (Å²) < 4.78 is 5.48. The van der Waals surface area contributed by atoms with Gasteiger partial charge < -0.3 is 20.5 Å². The second-order valence-corrected chi connectivity index (χ2v) is 13.3. The molecule has 9 heteroatoms. The molecule has 4 aromatic rings. The molecule has 0 amide bonds. The molecule has 0 bridgehead atoms. The average molecular weight is 600 g/mol. The molecule has 5 rings (SSSR count). The Labute approximate surface area is 260 Å². The average Bonchev–Trinajstić information content (AvgIpc) is 3.45. The molecule has 0 aliphatic carbocycles. The number of benzene rings is 2. The maximum atomic E-state index is 12.2. The van der Waals surface area contributed by atoms with Crippen LogP contribution in [-0.4, -0.2) is 54.8 Å². The molecule has 9 nitrogen and oxygen atoms in total. The number of phenolic OH excluding ortho intramolecular Hbond substituents is 1. The lowest BCUT2D eigenvalue weighted by atomic mass is 9.74. The first-order valence-corrected chi connectivity index (χ1v) is 15.2. The van der Waals surface area contributed by atoms with Crippen molar-refractivity contribution >= 4 is 5.97 Å². The number of aliphatic carboxylic acids is 1. The second-order valence-electron chi connectivity index (χ2n) is 13.3. The van der Waals surface area contributed by atoms with Gasteiger partial charge in [-0.05, 0) is 100 Å². The molecule has 234 valence electrons. The van der Waals surface area contributed by atoms with Crippen LogP contribution >= 0.6 is 0 Å². The molecule has 44 heavy (non-hydrogen) atoms. The van der Waals surface area contributed by atoms with E-state index >= 15 is 0 Å². The van der Waals surface area contributed by atoms with E-state index < -0.39 is 11.4 Å². The number of phenols is 1. The van der Waals surface area contributed by atoms with Crippen LogP contribution in [0.1, 0.15) is 64.2 Å². The van der Waals surface area contributed by atoms with Crippen molar-refractivity contribution in [3.8, 4) is 28.6 Å². The van der Waals surface area contributed by atoms with Gasteiger partial charge in [0.15, 0.2) is 0 Å². The number of nitrogens with two attached hydrogens (primary N) is 1. The molecule has 1 fully saturated rings. The predicted molar refractivity (Wildman–Crippen MR) is 172 cm³/mol. The minimum absolute atomic E-state index is 0. The summed E-state index contributed by atoms with van der Waals surface area (Å²) in [6.07, 6.45) is 5.99. The highest BCUT2D eigenvalue weighted by Gasteiger charge is 2.41. The molecule has 0 saturated carbocycles. The Morgan fingerprint density at radius 2 is 1.70 bits per heavy atom. The SMILES string of the molecule is CC(C)(C)N.CC(C)Cc1ccc(-c2nc(-c3ccc(CN4CCC(Cc5cccnc5)(C(=O)O)CC4)cc3)no2)cc1O. The van der Waals surface area contributed by atoms with E-state index in [2.05, 4.69) is 33.9 Å². The highest BCUT2D eigenvalue weighted by atomic mass is 16.5. The van der Waals surface area contributed by atoms with Crippen LogP contribution in [0.3, 0.4) is 0 Å². The quantitative estimate of drug-likeness (QED) is 0.201. The zero-order valence-corrected chi connectivity index (χ0v) is 26.5. The zero-order valence-electron chi connectivity index (χ0n) is 26.5. The van der Waals surface area contributed by atoms with E-state index in [1.807, 2.05) is 69.3 Å². The first kappa shape index (κ1) is 32.8. The minimum Gasteiger partial charge on any atom is -0.508 e. The zero-order chi connectivity index (χ0) is 31.9. The first-order chi connectivity index (χ1) is 20.8. The number of carboxylic acid groups (broad SMARTS) is 1. The van der Waals surface area contributed by atoms with Gasteiger partial charge in [-0.3, -0.25) is 14.7 Å². The van der Waals surface area contributed by atoms with Crippen molar-refractivity contribution in [1.29, 1.82) is 0 Å². The standard InChI is InChI=1S/C31H34N4O4.C4H11N/c1-21(2)16-25-9-10-26(17-27(25)36)29-33-28(34-39-29)24-7-5-22(6-8-24)20-35-14-11-31(12-15-35,30(37)38)18-23-4-3-13-32-19-23;1-4(2,3)5/h3-10,13,17,19,21,36H,11-12,14-16,18,20H2,1-2H3,(H,37,38);5H2,1-3H3. The molecule has 1 aliphatic heterocycles. The van der Waals surface area contributed by atoms with Crippen molar-refractivity contribution < 1.29 is 19.5 Å². The fourth-order valence-electron chi connectivity index (χ4n) is 5.28. The van der Waals surface area contributed by atoms with Gasteiger partial charge in [0, 0.05) is 35.6 Å². The number of piperidine rings is 1. The Bertz CT molecular complexity index is 1500. The van der Waals surface area contributed by atoms with Gasteiger partial charge in [-0.15, -0.1) is 0 Å². The van der Waals surface area contributed by atoms with Crippen molar-refractivity contribution in [3.63, 3.8) is 0 Å². The number of aromatic hydroxyl groups is 1. The third kappa shape index (κ3) is 9.21. The molecule has 2 aromatic heterocycles. The molecule has 0 unspecified atom stereocenters. The first-order valence-electron chi connectivity index (χ1n) is 15.2. The van der Waals surface area contributed by atoms with E-state index in [0.29, 0.717) is 42.5 Å². The molecule has 1 saturated heterocycles. The fourth-order valence-corrected chi connectivity index (χ4v) is 5.28. The summed E-state index contributed by atoms with van der Waals surface area (Å²) in [7, 11) is 0. The van der Waals surface area contributed by atoms with Gasteiger partial charge in [-0.2, -0.15) is 4.98 Å². The molecule has 3 heterocycles. The van der Waals surface area contributed by atoms with Crippen molar-refractivity contribution in [2.45, 2.75) is 72.4 Å². The number of hydrogen-bond acceptors (Lipinski definition) is 8. The summed E-state index contributed by atoms with van der Waals surface area (Å²) in [5.41, 5.74) is 9.14. The van der Waals surface area contributed by atoms with Gasteiger partial charge in [-0.25, -0.2) is 0 Å². The summed E-state index contributed by atoms with van der Waals surface area (Å²) in [6, 6.07) is 17.3. The van der Waals surface area contributed by atoms with Crippen LogP contribution in [0.25, 0.3) is 22.8 Å². The van der Waals surface area contributed by atoms with Gasteiger partial charge in [0.25, 0.3) is 5.89 Å². The van der Waals surface area contributed by atoms with Crippen LogP contribution in [0.15, 0.2) is 71.5 Å². The Hall–Kier alpha value is -4.08. The van der Waals surface area contributed by atoms with Crippen LogP contribution in [-0.2, 0) is 24.2 Å². The number of carbonyl (C=O) groups is 1. The van der Waals surface area contributed by atoms with Gasteiger partial charge in [0.1, 0.15) is 5.75 Å². The highest BCUT2D eigenvalue weighted by molar-refractivity contribution is 5.75. The van der Waals surface area contributed by atoms with Crippen LogP contribution in [0, 0.1) is 11.3 Å². The normalized spacial score (nSPS) is 15.1. The Balaban J connectivity index is 0.000000818. The van der Waals surface area contributed by atoms with Gasteiger partial charge in [0.2, 0.25) is 5.82 Å². The minimum atomic E-state index is -0.745. The summed E-state index contributed by atoms with van der Waals surface area (Å²) in [4.78, 5) is 23.2. The summed E-state index contributed by atoms with van der Waals surface area (Å²) in [6.45, 7) is 12.3. The lowest BCUT2D eigenvalue weighted by molar-refractivity contribution is -0.152. The number of carboxylic acids is 1. The van der Waals surface area contributed by atoms with Gasteiger partial charge >= 0.3 is 5.97 Å². The largest absolute Gasteiger partial charge is 0.508 e. The molecular formula is C35H45N5O4.